The molecule has 0 radical (unpaired) electrons. The maximum atomic E-state index is 11.0. The fraction of sp³-hybridized carbons (Fsp3) is 0.300. The lowest BCUT2D eigenvalue weighted by Gasteiger charge is -2.37. The van der Waals surface area contributed by atoms with E-state index in [1.807, 2.05) is 18.3 Å². The number of benzene rings is 2. The summed E-state index contributed by atoms with van der Waals surface area (Å²) in [5.41, 5.74) is 7.15. The third-order valence-corrected chi connectivity index (χ3v) is 5.77. The molecule has 0 amide bonds. The molecule has 2 aliphatic rings. The minimum atomic E-state index is 0.365. The molecule has 3 N–H and O–H groups in total. The van der Waals surface area contributed by atoms with Crippen molar-refractivity contribution in [3.8, 4) is 17.1 Å². The van der Waals surface area contributed by atoms with Gasteiger partial charge < -0.3 is 20.2 Å². The average molecular weight is 345 g/mol. The van der Waals surface area contributed by atoms with Crippen LogP contribution < -0.4 is 4.90 Å². The van der Waals surface area contributed by atoms with E-state index in [2.05, 4.69) is 21.2 Å². The smallest absolute Gasteiger partial charge is 0.164 e. The number of hydrogen-bond acceptors (Lipinski definition) is 4. The Morgan fingerprint density at radius 2 is 1.81 bits per heavy atom. The van der Waals surface area contributed by atoms with Crippen LogP contribution in [0.4, 0.5) is 5.69 Å². The van der Waals surface area contributed by atoms with Crippen molar-refractivity contribution in [1.82, 2.24) is 20.2 Å². The van der Waals surface area contributed by atoms with Gasteiger partial charge in [0.25, 0.3) is 0 Å². The van der Waals surface area contributed by atoms with Crippen molar-refractivity contribution in [2.45, 2.75) is 25.7 Å². The van der Waals surface area contributed by atoms with Gasteiger partial charge in [0.2, 0.25) is 0 Å². The van der Waals surface area contributed by atoms with E-state index in [1.54, 1.807) is 0 Å². The first-order valence-corrected chi connectivity index (χ1v) is 9.24. The number of phenols is 1. The van der Waals surface area contributed by atoms with E-state index < -0.39 is 0 Å². The molecule has 2 aliphatic heterocycles. The molecule has 2 aromatic heterocycles. The van der Waals surface area contributed by atoms with Crippen LogP contribution in [0.25, 0.3) is 33.3 Å². The predicted octanol–water partition coefficient (Wildman–Crippen LogP) is 3.51. The number of phenolic OH excluding ortho intramolecular Hbond substituents is 1. The van der Waals surface area contributed by atoms with E-state index in [0.29, 0.717) is 11.6 Å². The summed E-state index contributed by atoms with van der Waals surface area (Å²) in [6, 6.07) is 6.13. The summed E-state index contributed by atoms with van der Waals surface area (Å²) in [5.74, 6) is 0.987. The normalized spacial score (nSPS) is 16.4. The molecule has 2 aromatic carbocycles. The topological polar surface area (TPSA) is 80.8 Å². The van der Waals surface area contributed by atoms with Crippen LogP contribution in [-0.2, 0) is 12.8 Å². The fourth-order valence-electron chi connectivity index (χ4n) is 4.58. The van der Waals surface area contributed by atoms with Crippen molar-refractivity contribution < 1.29 is 5.11 Å². The molecule has 0 fully saturated rings. The Bertz CT molecular complexity index is 1120. The molecular weight excluding hydrogens is 326 g/mol. The first-order valence-electron chi connectivity index (χ1n) is 9.24. The number of anilines is 1. The van der Waals surface area contributed by atoms with Crippen LogP contribution in [0.5, 0.6) is 5.75 Å². The van der Waals surface area contributed by atoms with Gasteiger partial charge in [-0.15, -0.1) is 0 Å². The molecule has 0 atom stereocenters. The zero-order chi connectivity index (χ0) is 17.3. The summed E-state index contributed by atoms with van der Waals surface area (Å²) < 4.78 is 0. The Balaban J connectivity index is 1.58. The Kier molecular flexibility index (Phi) is 2.73. The summed E-state index contributed by atoms with van der Waals surface area (Å²) >= 11 is 0. The summed E-state index contributed by atoms with van der Waals surface area (Å²) in [5, 5.41) is 18.2. The van der Waals surface area contributed by atoms with Crippen molar-refractivity contribution in [2.75, 3.05) is 18.0 Å². The predicted molar refractivity (Wildman–Crippen MR) is 102 cm³/mol. The van der Waals surface area contributed by atoms with E-state index >= 15 is 0 Å². The maximum absolute atomic E-state index is 11.0. The minimum absolute atomic E-state index is 0.365. The number of rotatable bonds is 1. The minimum Gasteiger partial charge on any atom is -0.507 e. The van der Waals surface area contributed by atoms with Crippen LogP contribution >= 0.6 is 0 Å². The Hall–Kier alpha value is -3.02. The molecule has 4 heterocycles. The van der Waals surface area contributed by atoms with E-state index in [1.165, 1.54) is 17.7 Å². The third kappa shape index (κ3) is 1.87. The lowest BCUT2D eigenvalue weighted by molar-refractivity contribution is 0.464. The van der Waals surface area contributed by atoms with Gasteiger partial charge >= 0.3 is 0 Å². The highest BCUT2D eigenvalue weighted by atomic mass is 16.3. The van der Waals surface area contributed by atoms with Crippen LogP contribution in [0.2, 0.25) is 0 Å². The standard InChI is InChI=1S/C20H19N5O/c26-19-13-4-2-6-25-5-1-3-11(18(13)25)7-14(19)20-22-16-8-12-10-21-24-15(12)9-17(16)23-20/h7-10,21,24,26H,1-6H2. The molecule has 0 saturated carbocycles. The Morgan fingerprint density at radius 3 is 2.69 bits per heavy atom. The van der Waals surface area contributed by atoms with Gasteiger partial charge in [-0.25, -0.2) is 9.97 Å². The molecule has 6 nitrogen and oxygen atoms in total. The summed E-state index contributed by atoms with van der Waals surface area (Å²) in [6.07, 6.45) is 6.16. The number of nitrogens with zero attached hydrogens (tertiary/aromatic N) is 3. The molecule has 4 aromatic rings. The van der Waals surface area contributed by atoms with Crippen LogP contribution in [-0.4, -0.2) is 38.4 Å². The van der Waals surface area contributed by atoms with Gasteiger partial charge in [-0.05, 0) is 49.4 Å². The zero-order valence-electron chi connectivity index (χ0n) is 14.3. The van der Waals surface area contributed by atoms with Crippen molar-refractivity contribution in [3.63, 3.8) is 0 Å². The molecule has 0 saturated heterocycles. The molecule has 6 heteroatoms. The lowest BCUT2D eigenvalue weighted by Crippen LogP contribution is -2.34. The second-order valence-electron chi connectivity index (χ2n) is 7.34. The highest BCUT2D eigenvalue weighted by molar-refractivity contribution is 5.94. The van der Waals surface area contributed by atoms with E-state index in [9.17, 15) is 5.11 Å². The number of imidazole rings is 1. The fourth-order valence-corrected chi connectivity index (χ4v) is 4.58. The molecular formula is C20H19N5O. The first kappa shape index (κ1) is 14.2. The van der Waals surface area contributed by atoms with Crippen LogP contribution in [0.15, 0.2) is 24.4 Å². The van der Waals surface area contributed by atoms with Gasteiger partial charge in [-0.3, -0.25) is 0 Å². The van der Waals surface area contributed by atoms with E-state index in [0.717, 1.165) is 65.4 Å². The summed E-state index contributed by atoms with van der Waals surface area (Å²) in [6.45, 7) is 2.19. The second kappa shape index (κ2) is 5.00. The summed E-state index contributed by atoms with van der Waals surface area (Å²) in [7, 11) is 0. The number of aromatic nitrogens is 4. The largest absolute Gasteiger partial charge is 0.507 e. The number of aromatic hydroxyl groups is 1. The molecule has 0 bridgehead atoms. The number of hydrogen-bond donors (Lipinski definition) is 3. The van der Waals surface area contributed by atoms with Gasteiger partial charge in [0.15, 0.2) is 5.82 Å². The number of H-pyrrole nitrogens is 2. The number of aromatic amines is 2. The van der Waals surface area contributed by atoms with Crippen molar-refractivity contribution >= 4 is 27.6 Å². The van der Waals surface area contributed by atoms with E-state index in [4.69, 9.17) is 9.97 Å². The molecule has 0 unspecified atom stereocenters. The molecule has 26 heavy (non-hydrogen) atoms. The monoisotopic (exact) mass is 345 g/mol. The molecule has 0 spiro atoms. The zero-order valence-corrected chi connectivity index (χ0v) is 14.3. The highest BCUT2D eigenvalue weighted by Gasteiger charge is 2.28. The van der Waals surface area contributed by atoms with Gasteiger partial charge in [0.1, 0.15) is 5.75 Å². The highest BCUT2D eigenvalue weighted by Crippen LogP contribution is 2.44. The van der Waals surface area contributed by atoms with E-state index in [-0.39, 0.29) is 0 Å². The van der Waals surface area contributed by atoms with Gasteiger partial charge in [0.05, 0.1) is 22.1 Å². The quantitative estimate of drug-likeness (QED) is 0.493. The summed E-state index contributed by atoms with van der Waals surface area (Å²) in [4.78, 5) is 11.9. The number of aryl methyl sites for hydroxylation is 1. The lowest BCUT2D eigenvalue weighted by atomic mass is 9.89. The number of fused-ring (bicyclic) bond motifs is 2. The van der Waals surface area contributed by atoms with Crippen LogP contribution in [0, 0.1) is 0 Å². The first-order chi connectivity index (χ1) is 12.8. The average Bonchev–Trinajstić information content (AvgIpc) is 3.28. The Morgan fingerprint density at radius 1 is 1.00 bits per heavy atom. The number of nitrogens with one attached hydrogen (secondary N) is 2. The van der Waals surface area contributed by atoms with Crippen molar-refractivity contribution in [2.24, 2.45) is 0 Å². The van der Waals surface area contributed by atoms with Crippen LogP contribution in [0.3, 0.4) is 0 Å². The maximum Gasteiger partial charge on any atom is 0.164 e. The van der Waals surface area contributed by atoms with Crippen molar-refractivity contribution in [1.29, 1.82) is 0 Å². The Labute approximate surface area is 149 Å². The van der Waals surface area contributed by atoms with Gasteiger partial charge in [-0.1, -0.05) is 0 Å². The van der Waals surface area contributed by atoms with Crippen molar-refractivity contribution in [3.05, 3.63) is 35.5 Å². The SMILES string of the molecule is Oc1c(-c2nc3cc4c[nH][nH]c4cc3n2)cc2c3c1CCCN3CCC2. The molecule has 6 rings (SSSR count). The third-order valence-electron chi connectivity index (χ3n) is 5.77. The molecule has 0 aliphatic carbocycles. The van der Waals surface area contributed by atoms with Crippen LogP contribution in [0.1, 0.15) is 24.0 Å². The van der Waals surface area contributed by atoms with Gasteiger partial charge in [-0.2, -0.15) is 0 Å². The molecule has 130 valence electrons. The second-order valence-corrected chi connectivity index (χ2v) is 7.34. The van der Waals surface area contributed by atoms with Gasteiger partial charge in [0, 0.05) is 35.9 Å².